The third kappa shape index (κ3) is 3.60. The summed E-state index contributed by atoms with van der Waals surface area (Å²) in [5, 5.41) is 3.38. The van der Waals surface area contributed by atoms with E-state index in [-0.39, 0.29) is 11.6 Å². The fourth-order valence-electron chi connectivity index (χ4n) is 2.88. The van der Waals surface area contributed by atoms with Crippen molar-refractivity contribution in [1.82, 2.24) is 10.2 Å². The van der Waals surface area contributed by atoms with Gasteiger partial charge >= 0.3 is 6.09 Å². The van der Waals surface area contributed by atoms with E-state index in [9.17, 15) is 4.79 Å². The van der Waals surface area contributed by atoms with Crippen LogP contribution in [0.25, 0.3) is 0 Å². The van der Waals surface area contributed by atoms with Gasteiger partial charge in [-0.1, -0.05) is 0 Å². The van der Waals surface area contributed by atoms with Gasteiger partial charge in [-0.25, -0.2) is 4.79 Å². The maximum Gasteiger partial charge on any atom is 0.410 e. The minimum Gasteiger partial charge on any atom is -0.444 e. The average Bonchev–Trinajstić information content (AvgIpc) is 2.51. The highest BCUT2D eigenvalue weighted by Gasteiger charge is 2.43. The zero-order chi connectivity index (χ0) is 13.9. The Morgan fingerprint density at radius 2 is 1.89 bits per heavy atom. The van der Waals surface area contributed by atoms with Crippen molar-refractivity contribution in [3.63, 3.8) is 0 Å². The molecule has 1 N–H and O–H groups in total. The van der Waals surface area contributed by atoms with E-state index in [4.69, 9.17) is 9.47 Å². The van der Waals surface area contributed by atoms with Gasteiger partial charge in [-0.15, -0.1) is 0 Å². The first-order valence-corrected chi connectivity index (χ1v) is 7.22. The fraction of sp³-hybridized carbons (Fsp3) is 0.929. The molecule has 0 bridgehead atoms. The van der Waals surface area contributed by atoms with Crippen LogP contribution in [-0.4, -0.2) is 55.0 Å². The van der Waals surface area contributed by atoms with Crippen LogP contribution in [0.3, 0.4) is 0 Å². The molecule has 0 atom stereocenters. The molecular formula is C14H26N2O3. The van der Waals surface area contributed by atoms with Crippen LogP contribution >= 0.6 is 0 Å². The molecular weight excluding hydrogens is 244 g/mol. The second-order valence-corrected chi connectivity index (χ2v) is 6.47. The summed E-state index contributed by atoms with van der Waals surface area (Å²) in [7, 11) is 0. The Morgan fingerprint density at radius 3 is 2.53 bits per heavy atom. The maximum atomic E-state index is 12.5. The lowest BCUT2D eigenvalue weighted by Crippen LogP contribution is -2.56. The molecule has 5 heteroatoms. The van der Waals surface area contributed by atoms with Crippen LogP contribution in [0.4, 0.5) is 4.79 Å². The first-order valence-electron chi connectivity index (χ1n) is 7.22. The third-order valence-electron chi connectivity index (χ3n) is 3.89. The molecule has 1 amide bonds. The van der Waals surface area contributed by atoms with Crippen LogP contribution in [0.2, 0.25) is 0 Å². The van der Waals surface area contributed by atoms with E-state index in [1.54, 1.807) is 0 Å². The van der Waals surface area contributed by atoms with E-state index >= 15 is 0 Å². The molecule has 0 aromatic rings. The second-order valence-electron chi connectivity index (χ2n) is 6.47. The van der Waals surface area contributed by atoms with Gasteiger partial charge in [0.25, 0.3) is 0 Å². The highest BCUT2D eigenvalue weighted by molar-refractivity contribution is 5.69. The Labute approximate surface area is 115 Å². The molecule has 2 aliphatic heterocycles. The number of hydrogen-bond donors (Lipinski definition) is 1. The van der Waals surface area contributed by atoms with Crippen molar-refractivity contribution < 1.29 is 14.3 Å². The molecule has 2 heterocycles. The first kappa shape index (κ1) is 14.6. The quantitative estimate of drug-likeness (QED) is 0.729. The Balaban J connectivity index is 2.14. The lowest BCUT2D eigenvalue weighted by molar-refractivity contribution is -0.0430. The van der Waals surface area contributed by atoms with Gasteiger partial charge in [-0.3, -0.25) is 0 Å². The summed E-state index contributed by atoms with van der Waals surface area (Å²) >= 11 is 0. The molecule has 0 aromatic heterocycles. The van der Waals surface area contributed by atoms with Gasteiger partial charge in [0.15, 0.2) is 0 Å². The summed E-state index contributed by atoms with van der Waals surface area (Å²) < 4.78 is 11.0. The smallest absolute Gasteiger partial charge is 0.410 e. The molecule has 0 saturated carbocycles. The molecule has 2 aliphatic rings. The molecule has 2 saturated heterocycles. The van der Waals surface area contributed by atoms with Crippen molar-refractivity contribution in [3.8, 4) is 0 Å². The van der Waals surface area contributed by atoms with Crippen LogP contribution in [0.15, 0.2) is 0 Å². The summed E-state index contributed by atoms with van der Waals surface area (Å²) in [6.07, 6.45) is 2.62. The monoisotopic (exact) mass is 270 g/mol. The van der Waals surface area contributed by atoms with E-state index in [1.165, 1.54) is 0 Å². The predicted octanol–water partition coefficient (Wildman–Crippen LogP) is 1.77. The van der Waals surface area contributed by atoms with Crippen LogP contribution < -0.4 is 5.32 Å². The Bertz CT molecular complexity index is 319. The van der Waals surface area contributed by atoms with E-state index < -0.39 is 5.60 Å². The summed E-state index contributed by atoms with van der Waals surface area (Å²) in [6.45, 7) is 9.72. The van der Waals surface area contributed by atoms with Crippen LogP contribution in [0, 0.1) is 0 Å². The summed E-state index contributed by atoms with van der Waals surface area (Å²) in [6, 6.07) is 0. The molecule has 0 radical (unpaired) electrons. The number of carbonyl (C=O) groups excluding carboxylic acids is 1. The lowest BCUT2D eigenvalue weighted by atomic mass is 9.85. The Kier molecular flexibility index (Phi) is 4.36. The van der Waals surface area contributed by atoms with Crippen molar-refractivity contribution in [2.75, 3.05) is 32.8 Å². The van der Waals surface area contributed by atoms with E-state index in [0.29, 0.717) is 0 Å². The van der Waals surface area contributed by atoms with Gasteiger partial charge in [0, 0.05) is 26.3 Å². The number of hydrogen-bond acceptors (Lipinski definition) is 4. The number of amides is 1. The van der Waals surface area contributed by atoms with E-state index in [1.807, 2.05) is 25.7 Å². The second kappa shape index (κ2) is 5.67. The number of nitrogens with zero attached hydrogens (tertiary/aromatic N) is 1. The van der Waals surface area contributed by atoms with Crippen molar-refractivity contribution >= 4 is 6.09 Å². The average molecular weight is 270 g/mol. The molecule has 0 aromatic carbocycles. The van der Waals surface area contributed by atoms with Crippen molar-refractivity contribution in [2.24, 2.45) is 0 Å². The highest BCUT2D eigenvalue weighted by atomic mass is 16.6. The van der Waals surface area contributed by atoms with Gasteiger partial charge in [-0.05, 0) is 46.6 Å². The van der Waals surface area contributed by atoms with E-state index in [2.05, 4.69) is 5.32 Å². The van der Waals surface area contributed by atoms with E-state index in [0.717, 1.165) is 52.1 Å². The third-order valence-corrected chi connectivity index (χ3v) is 3.89. The maximum absolute atomic E-state index is 12.5. The molecule has 0 unspecified atom stereocenters. The van der Waals surface area contributed by atoms with Crippen molar-refractivity contribution in [3.05, 3.63) is 0 Å². The molecule has 1 spiro atoms. The van der Waals surface area contributed by atoms with Crippen molar-refractivity contribution in [2.45, 2.75) is 51.2 Å². The molecule has 5 nitrogen and oxygen atoms in total. The first-order chi connectivity index (χ1) is 8.93. The molecule has 2 rings (SSSR count). The summed E-state index contributed by atoms with van der Waals surface area (Å²) in [4.78, 5) is 14.4. The molecule has 110 valence electrons. The van der Waals surface area contributed by atoms with Gasteiger partial charge in [0.05, 0.1) is 5.54 Å². The SMILES string of the molecule is CC(C)(C)OC(=O)N1CCNCCC12CCOCC2. The summed E-state index contributed by atoms with van der Waals surface area (Å²) in [5.74, 6) is 0. The minimum atomic E-state index is -0.441. The lowest BCUT2D eigenvalue weighted by Gasteiger charge is -2.45. The minimum absolute atomic E-state index is 0.0793. The standard InChI is InChI=1S/C14H26N2O3/c1-13(2,3)19-12(17)16-9-8-15-7-4-14(16)5-10-18-11-6-14/h15H,4-11H2,1-3H3. The Morgan fingerprint density at radius 1 is 1.21 bits per heavy atom. The molecule has 0 aliphatic carbocycles. The molecule has 19 heavy (non-hydrogen) atoms. The zero-order valence-electron chi connectivity index (χ0n) is 12.3. The zero-order valence-corrected chi connectivity index (χ0v) is 12.3. The number of rotatable bonds is 0. The number of carbonyl (C=O) groups is 1. The fourth-order valence-corrected chi connectivity index (χ4v) is 2.88. The van der Waals surface area contributed by atoms with Gasteiger partial charge in [0.1, 0.15) is 5.60 Å². The predicted molar refractivity (Wildman–Crippen MR) is 73.2 cm³/mol. The topological polar surface area (TPSA) is 50.8 Å². The van der Waals surface area contributed by atoms with Gasteiger partial charge in [-0.2, -0.15) is 0 Å². The van der Waals surface area contributed by atoms with Crippen LogP contribution in [0.5, 0.6) is 0 Å². The number of nitrogens with one attached hydrogen (secondary N) is 1. The Hall–Kier alpha value is -0.810. The van der Waals surface area contributed by atoms with Gasteiger partial charge < -0.3 is 19.7 Å². The van der Waals surface area contributed by atoms with Crippen LogP contribution in [-0.2, 0) is 9.47 Å². The summed E-state index contributed by atoms with van der Waals surface area (Å²) in [5.41, 5.74) is -0.521. The molecule has 2 fully saturated rings. The van der Waals surface area contributed by atoms with Crippen LogP contribution in [0.1, 0.15) is 40.0 Å². The van der Waals surface area contributed by atoms with Crippen molar-refractivity contribution in [1.29, 1.82) is 0 Å². The number of ether oxygens (including phenoxy) is 2. The largest absolute Gasteiger partial charge is 0.444 e. The normalized spacial score (nSPS) is 24.1. The highest BCUT2D eigenvalue weighted by Crippen LogP contribution is 2.33. The van der Waals surface area contributed by atoms with Gasteiger partial charge in [0.2, 0.25) is 0 Å².